The third kappa shape index (κ3) is 4.44. The highest BCUT2D eigenvalue weighted by Crippen LogP contribution is 2.37. The third-order valence-corrected chi connectivity index (χ3v) is 5.98. The fourth-order valence-electron chi connectivity index (χ4n) is 3.32. The van der Waals surface area contributed by atoms with Crippen LogP contribution in [-0.2, 0) is 0 Å². The summed E-state index contributed by atoms with van der Waals surface area (Å²) in [6.45, 7) is 6.39. The van der Waals surface area contributed by atoms with Crippen LogP contribution in [0.25, 0.3) is 27.2 Å². The minimum atomic E-state index is 0.779. The zero-order valence-electron chi connectivity index (χ0n) is 16.4. The standard InChI is InChI=1S/C27H23NS/c1-19-7-5-9-24(17-19)21-13-15-22(16-14-21)25-10-6-8-23(18-25)20(2)29-27-12-4-3-11-26(27)28/h3-18H,2,28H2,1H3. The molecule has 0 bridgehead atoms. The van der Waals surface area contributed by atoms with E-state index in [1.54, 1.807) is 11.8 Å². The van der Waals surface area contributed by atoms with Gasteiger partial charge in [0, 0.05) is 15.5 Å². The molecule has 0 saturated carbocycles. The maximum absolute atomic E-state index is 6.08. The van der Waals surface area contributed by atoms with Gasteiger partial charge in [-0.1, -0.05) is 103 Å². The molecule has 4 rings (SSSR count). The van der Waals surface area contributed by atoms with Gasteiger partial charge in [0.25, 0.3) is 0 Å². The van der Waals surface area contributed by atoms with Crippen molar-refractivity contribution in [1.29, 1.82) is 0 Å². The van der Waals surface area contributed by atoms with E-state index in [2.05, 4.69) is 86.3 Å². The van der Waals surface area contributed by atoms with Gasteiger partial charge in [-0.15, -0.1) is 0 Å². The summed E-state index contributed by atoms with van der Waals surface area (Å²) in [7, 11) is 0. The first kappa shape index (κ1) is 19.1. The summed E-state index contributed by atoms with van der Waals surface area (Å²) in [5.74, 6) is 0. The summed E-state index contributed by atoms with van der Waals surface area (Å²) in [5, 5.41) is 0. The Morgan fingerprint density at radius 2 is 1.31 bits per heavy atom. The zero-order chi connectivity index (χ0) is 20.2. The maximum Gasteiger partial charge on any atom is 0.0455 e. The second-order valence-corrected chi connectivity index (χ2v) is 8.23. The molecule has 0 aliphatic rings. The second-order valence-electron chi connectivity index (χ2n) is 7.09. The molecule has 4 aromatic rings. The average Bonchev–Trinajstić information content (AvgIpc) is 2.75. The van der Waals surface area contributed by atoms with Gasteiger partial charge in [0.1, 0.15) is 0 Å². The summed E-state index contributed by atoms with van der Waals surface area (Å²) < 4.78 is 0. The van der Waals surface area contributed by atoms with Gasteiger partial charge in [0.2, 0.25) is 0 Å². The minimum Gasteiger partial charge on any atom is -0.398 e. The van der Waals surface area contributed by atoms with Gasteiger partial charge in [0.05, 0.1) is 0 Å². The lowest BCUT2D eigenvalue weighted by Gasteiger charge is -2.10. The van der Waals surface area contributed by atoms with Crippen molar-refractivity contribution in [1.82, 2.24) is 0 Å². The summed E-state index contributed by atoms with van der Waals surface area (Å²) in [6.07, 6.45) is 0. The van der Waals surface area contributed by atoms with Crippen LogP contribution < -0.4 is 5.73 Å². The lowest BCUT2D eigenvalue weighted by Crippen LogP contribution is -1.88. The van der Waals surface area contributed by atoms with Crippen molar-refractivity contribution in [3.05, 3.63) is 115 Å². The number of hydrogen-bond donors (Lipinski definition) is 1. The Hall–Kier alpha value is -3.23. The highest BCUT2D eigenvalue weighted by molar-refractivity contribution is 8.08. The zero-order valence-corrected chi connectivity index (χ0v) is 17.2. The van der Waals surface area contributed by atoms with Gasteiger partial charge in [-0.2, -0.15) is 0 Å². The molecule has 0 amide bonds. The monoisotopic (exact) mass is 393 g/mol. The molecule has 1 nitrogen and oxygen atoms in total. The summed E-state index contributed by atoms with van der Waals surface area (Å²) in [4.78, 5) is 2.02. The summed E-state index contributed by atoms with van der Waals surface area (Å²) in [6, 6.07) is 33.7. The number of para-hydroxylation sites is 1. The van der Waals surface area contributed by atoms with Crippen molar-refractivity contribution >= 4 is 22.4 Å². The molecule has 2 heteroatoms. The van der Waals surface area contributed by atoms with Crippen LogP contribution in [0.15, 0.2) is 109 Å². The molecule has 29 heavy (non-hydrogen) atoms. The number of nitrogen functional groups attached to an aromatic ring is 1. The van der Waals surface area contributed by atoms with Crippen LogP contribution in [0.4, 0.5) is 5.69 Å². The van der Waals surface area contributed by atoms with Crippen molar-refractivity contribution in [2.45, 2.75) is 11.8 Å². The molecule has 142 valence electrons. The van der Waals surface area contributed by atoms with Crippen LogP contribution in [0, 0.1) is 6.92 Å². The van der Waals surface area contributed by atoms with E-state index in [0.717, 1.165) is 21.1 Å². The predicted octanol–water partition coefficient (Wildman–Crippen LogP) is 7.67. The normalized spacial score (nSPS) is 10.7. The Morgan fingerprint density at radius 3 is 1.97 bits per heavy atom. The molecule has 0 aliphatic heterocycles. The lowest BCUT2D eigenvalue weighted by molar-refractivity contribution is 1.46. The van der Waals surface area contributed by atoms with E-state index in [-0.39, 0.29) is 0 Å². The molecule has 0 spiro atoms. The van der Waals surface area contributed by atoms with E-state index < -0.39 is 0 Å². The first-order valence-corrected chi connectivity index (χ1v) is 10.4. The molecule has 0 aliphatic carbocycles. The predicted molar refractivity (Wildman–Crippen MR) is 128 cm³/mol. The van der Waals surface area contributed by atoms with Crippen molar-refractivity contribution in [2.24, 2.45) is 0 Å². The molecule has 0 heterocycles. The number of nitrogens with two attached hydrogens (primary N) is 1. The number of benzene rings is 4. The van der Waals surface area contributed by atoms with E-state index >= 15 is 0 Å². The Balaban J connectivity index is 1.57. The third-order valence-electron chi connectivity index (χ3n) is 4.91. The van der Waals surface area contributed by atoms with E-state index in [9.17, 15) is 0 Å². The summed E-state index contributed by atoms with van der Waals surface area (Å²) >= 11 is 1.61. The maximum atomic E-state index is 6.08. The number of aryl methyl sites for hydroxylation is 1. The van der Waals surface area contributed by atoms with E-state index in [4.69, 9.17) is 5.73 Å². The van der Waals surface area contributed by atoms with Crippen LogP contribution in [0.5, 0.6) is 0 Å². The molecule has 0 atom stereocenters. The fourth-order valence-corrected chi connectivity index (χ4v) is 4.16. The molecule has 0 radical (unpaired) electrons. The van der Waals surface area contributed by atoms with Gasteiger partial charge in [-0.25, -0.2) is 0 Å². The van der Waals surface area contributed by atoms with Crippen LogP contribution >= 0.6 is 11.8 Å². The summed E-state index contributed by atoms with van der Waals surface area (Å²) in [5.41, 5.74) is 14.1. The Kier molecular flexibility index (Phi) is 5.55. The number of thioether (sulfide) groups is 1. The van der Waals surface area contributed by atoms with Crippen molar-refractivity contribution in [3.8, 4) is 22.3 Å². The molecule has 0 unspecified atom stereocenters. The second kappa shape index (κ2) is 8.42. The van der Waals surface area contributed by atoms with Gasteiger partial charge >= 0.3 is 0 Å². The highest BCUT2D eigenvalue weighted by atomic mass is 32.2. The van der Waals surface area contributed by atoms with Gasteiger partial charge in [-0.3, -0.25) is 0 Å². The lowest BCUT2D eigenvalue weighted by atomic mass is 9.98. The number of rotatable bonds is 5. The molecular weight excluding hydrogens is 370 g/mol. The Labute approximate surface area is 176 Å². The van der Waals surface area contributed by atoms with E-state index in [0.29, 0.717) is 0 Å². The van der Waals surface area contributed by atoms with Crippen LogP contribution in [0.1, 0.15) is 11.1 Å². The van der Waals surface area contributed by atoms with Crippen LogP contribution in [-0.4, -0.2) is 0 Å². The van der Waals surface area contributed by atoms with Gasteiger partial charge in [0.15, 0.2) is 0 Å². The molecule has 0 aromatic heterocycles. The minimum absolute atomic E-state index is 0.779. The average molecular weight is 394 g/mol. The quantitative estimate of drug-likeness (QED) is 0.278. The van der Waals surface area contributed by atoms with Crippen molar-refractivity contribution in [3.63, 3.8) is 0 Å². The Morgan fingerprint density at radius 1 is 0.690 bits per heavy atom. The largest absolute Gasteiger partial charge is 0.398 e. The first-order valence-electron chi connectivity index (χ1n) is 9.59. The van der Waals surface area contributed by atoms with Crippen molar-refractivity contribution < 1.29 is 0 Å². The SMILES string of the molecule is C=C(Sc1ccccc1N)c1cccc(-c2ccc(-c3cccc(C)c3)cc2)c1. The fraction of sp³-hybridized carbons (Fsp3) is 0.0370. The Bertz CT molecular complexity index is 1160. The van der Waals surface area contributed by atoms with Crippen LogP contribution in [0.2, 0.25) is 0 Å². The molecule has 2 N–H and O–H groups in total. The number of anilines is 1. The van der Waals surface area contributed by atoms with E-state index in [1.165, 1.54) is 27.8 Å². The molecule has 0 saturated heterocycles. The molecule has 4 aromatic carbocycles. The molecular formula is C27H23NS. The van der Waals surface area contributed by atoms with Gasteiger partial charge in [-0.05, 0) is 52.9 Å². The highest BCUT2D eigenvalue weighted by Gasteiger charge is 2.07. The van der Waals surface area contributed by atoms with Gasteiger partial charge < -0.3 is 5.73 Å². The topological polar surface area (TPSA) is 26.0 Å². The first-order chi connectivity index (χ1) is 14.1. The van der Waals surface area contributed by atoms with Crippen LogP contribution in [0.3, 0.4) is 0 Å². The van der Waals surface area contributed by atoms with E-state index in [1.807, 2.05) is 24.3 Å². The smallest absolute Gasteiger partial charge is 0.0455 e. The number of hydrogen-bond acceptors (Lipinski definition) is 2. The van der Waals surface area contributed by atoms with Crippen molar-refractivity contribution in [2.75, 3.05) is 5.73 Å². The molecule has 0 fully saturated rings.